The zero-order valence-corrected chi connectivity index (χ0v) is 12.2. The normalized spacial score (nSPS) is 26.7. The second-order valence-electron chi connectivity index (χ2n) is 5.55. The van der Waals surface area contributed by atoms with E-state index in [2.05, 4.69) is 5.32 Å². The van der Waals surface area contributed by atoms with Gasteiger partial charge in [-0.3, -0.25) is 0 Å². The summed E-state index contributed by atoms with van der Waals surface area (Å²) in [5.74, 6) is 0.595. The minimum absolute atomic E-state index is 0.121. The van der Waals surface area contributed by atoms with Gasteiger partial charge in [-0.1, -0.05) is 6.42 Å². The van der Waals surface area contributed by atoms with Gasteiger partial charge in [0, 0.05) is 32.7 Å². The summed E-state index contributed by atoms with van der Waals surface area (Å²) in [6.45, 7) is 2.10. The third-order valence-electron chi connectivity index (χ3n) is 3.92. The number of hydrogen-bond donors (Lipinski definition) is 1. The molecular formula is C12H25N3O2S. The van der Waals surface area contributed by atoms with E-state index in [1.54, 1.807) is 15.7 Å². The number of likely N-dealkylation sites (N-methyl/N-ethyl adjacent to an activating group) is 1. The number of piperidine rings is 1. The Bertz CT molecular complexity index is 366. The standard InChI is InChI=1S/C12H25N3O2S/c1-13-9-12-5-3-4-8-15(12)18(16,17)14(2)10-11-6-7-11/h11-13H,3-10H2,1-2H3. The van der Waals surface area contributed by atoms with Crippen LogP contribution in [0.4, 0.5) is 0 Å². The number of hydrogen-bond acceptors (Lipinski definition) is 3. The Morgan fingerprint density at radius 1 is 1.28 bits per heavy atom. The van der Waals surface area contributed by atoms with Gasteiger partial charge in [0.05, 0.1) is 0 Å². The molecule has 1 N–H and O–H groups in total. The van der Waals surface area contributed by atoms with E-state index in [4.69, 9.17) is 0 Å². The largest absolute Gasteiger partial charge is 0.318 e. The van der Waals surface area contributed by atoms with Crippen LogP contribution in [0.1, 0.15) is 32.1 Å². The van der Waals surface area contributed by atoms with E-state index in [-0.39, 0.29) is 6.04 Å². The predicted molar refractivity (Wildman–Crippen MR) is 72.5 cm³/mol. The van der Waals surface area contributed by atoms with Crippen LogP contribution < -0.4 is 5.32 Å². The van der Waals surface area contributed by atoms with E-state index in [0.29, 0.717) is 19.0 Å². The lowest BCUT2D eigenvalue weighted by atomic mass is 10.1. The van der Waals surface area contributed by atoms with Gasteiger partial charge in [-0.15, -0.1) is 0 Å². The van der Waals surface area contributed by atoms with E-state index >= 15 is 0 Å². The highest BCUT2D eigenvalue weighted by molar-refractivity contribution is 7.86. The van der Waals surface area contributed by atoms with Crippen LogP contribution in [0.2, 0.25) is 0 Å². The second-order valence-corrected chi connectivity index (χ2v) is 7.54. The molecule has 0 aromatic carbocycles. The summed E-state index contributed by atoms with van der Waals surface area (Å²) in [4.78, 5) is 0. The van der Waals surface area contributed by atoms with Gasteiger partial charge >= 0.3 is 0 Å². The van der Waals surface area contributed by atoms with Crippen molar-refractivity contribution in [2.75, 3.05) is 33.7 Å². The molecule has 2 rings (SSSR count). The highest BCUT2D eigenvalue weighted by Crippen LogP contribution is 2.31. The molecule has 0 radical (unpaired) electrons. The first-order valence-electron chi connectivity index (χ1n) is 6.93. The molecule has 1 heterocycles. The van der Waals surface area contributed by atoms with Crippen LogP contribution in [0, 0.1) is 5.92 Å². The molecule has 1 unspecified atom stereocenters. The number of nitrogens with one attached hydrogen (secondary N) is 1. The number of rotatable bonds is 6. The van der Waals surface area contributed by atoms with Crippen LogP contribution >= 0.6 is 0 Å². The van der Waals surface area contributed by atoms with Gasteiger partial charge < -0.3 is 5.32 Å². The molecule has 0 bridgehead atoms. The van der Waals surface area contributed by atoms with Crippen LogP contribution in [0.3, 0.4) is 0 Å². The quantitative estimate of drug-likeness (QED) is 0.774. The zero-order chi connectivity index (χ0) is 13.2. The predicted octanol–water partition coefficient (Wildman–Crippen LogP) is 0.647. The molecule has 1 atom stereocenters. The van der Waals surface area contributed by atoms with Gasteiger partial charge in [-0.25, -0.2) is 0 Å². The molecule has 2 aliphatic rings. The van der Waals surface area contributed by atoms with Gasteiger partial charge in [0.2, 0.25) is 0 Å². The Kier molecular flexibility index (Phi) is 4.64. The monoisotopic (exact) mass is 275 g/mol. The van der Waals surface area contributed by atoms with Gasteiger partial charge in [0.15, 0.2) is 0 Å². The minimum Gasteiger partial charge on any atom is -0.318 e. The van der Waals surface area contributed by atoms with Gasteiger partial charge in [-0.05, 0) is 38.6 Å². The van der Waals surface area contributed by atoms with E-state index in [9.17, 15) is 8.42 Å². The Labute approximate surface area is 111 Å². The first kappa shape index (κ1) is 14.2. The van der Waals surface area contributed by atoms with Crippen LogP contribution in [0.5, 0.6) is 0 Å². The zero-order valence-electron chi connectivity index (χ0n) is 11.4. The van der Waals surface area contributed by atoms with E-state index in [1.165, 1.54) is 12.8 Å². The maximum atomic E-state index is 12.6. The third-order valence-corrected chi connectivity index (χ3v) is 5.93. The Balaban J connectivity index is 2.04. The molecule has 1 saturated heterocycles. The van der Waals surface area contributed by atoms with Crippen molar-refractivity contribution in [3.8, 4) is 0 Å². The highest BCUT2D eigenvalue weighted by atomic mass is 32.2. The van der Waals surface area contributed by atoms with Crippen molar-refractivity contribution < 1.29 is 8.42 Å². The Morgan fingerprint density at radius 2 is 2.00 bits per heavy atom. The highest BCUT2D eigenvalue weighted by Gasteiger charge is 2.36. The van der Waals surface area contributed by atoms with Crippen molar-refractivity contribution in [2.45, 2.75) is 38.1 Å². The van der Waals surface area contributed by atoms with Crippen LogP contribution in [-0.2, 0) is 10.2 Å². The molecular weight excluding hydrogens is 250 g/mol. The fourth-order valence-corrected chi connectivity index (χ4v) is 4.33. The summed E-state index contributed by atoms with van der Waals surface area (Å²) in [5, 5.41) is 3.11. The van der Waals surface area contributed by atoms with E-state index in [1.807, 2.05) is 7.05 Å². The summed E-state index contributed by atoms with van der Waals surface area (Å²) in [7, 11) is 0.341. The minimum atomic E-state index is -3.26. The molecule has 18 heavy (non-hydrogen) atoms. The smallest absolute Gasteiger partial charge is 0.282 e. The first-order chi connectivity index (χ1) is 8.55. The maximum absolute atomic E-state index is 12.6. The number of nitrogens with zero attached hydrogens (tertiary/aromatic N) is 2. The molecule has 0 aromatic heterocycles. The lowest BCUT2D eigenvalue weighted by molar-refractivity contribution is 0.232. The molecule has 2 fully saturated rings. The van der Waals surface area contributed by atoms with Crippen LogP contribution in [0.25, 0.3) is 0 Å². The van der Waals surface area contributed by atoms with E-state index in [0.717, 1.165) is 25.8 Å². The van der Waals surface area contributed by atoms with Crippen molar-refractivity contribution in [3.05, 3.63) is 0 Å². The van der Waals surface area contributed by atoms with Crippen molar-refractivity contribution >= 4 is 10.2 Å². The van der Waals surface area contributed by atoms with E-state index < -0.39 is 10.2 Å². The fraction of sp³-hybridized carbons (Fsp3) is 1.00. The molecule has 1 saturated carbocycles. The lowest BCUT2D eigenvalue weighted by Gasteiger charge is -2.37. The molecule has 0 aromatic rings. The topological polar surface area (TPSA) is 52.7 Å². The summed E-state index contributed by atoms with van der Waals surface area (Å²) in [5.41, 5.74) is 0. The third kappa shape index (κ3) is 3.23. The summed E-state index contributed by atoms with van der Waals surface area (Å²) >= 11 is 0. The maximum Gasteiger partial charge on any atom is 0.282 e. The fourth-order valence-electron chi connectivity index (χ4n) is 2.65. The molecule has 0 spiro atoms. The molecule has 6 heteroatoms. The first-order valence-corrected chi connectivity index (χ1v) is 8.33. The average molecular weight is 275 g/mol. The molecule has 1 aliphatic heterocycles. The second kappa shape index (κ2) is 5.86. The van der Waals surface area contributed by atoms with Crippen LogP contribution in [0.15, 0.2) is 0 Å². The lowest BCUT2D eigenvalue weighted by Crippen LogP contribution is -2.52. The van der Waals surface area contributed by atoms with Crippen LogP contribution in [-0.4, -0.2) is 56.8 Å². The molecule has 106 valence electrons. The molecule has 5 nitrogen and oxygen atoms in total. The SMILES string of the molecule is CNCC1CCCCN1S(=O)(=O)N(C)CC1CC1. The average Bonchev–Trinajstić information content (AvgIpc) is 3.14. The summed E-state index contributed by atoms with van der Waals surface area (Å²) < 4.78 is 28.4. The Hall–Kier alpha value is -0.170. The van der Waals surface area contributed by atoms with Crippen molar-refractivity contribution in [3.63, 3.8) is 0 Å². The molecule has 0 amide bonds. The van der Waals surface area contributed by atoms with Crippen molar-refractivity contribution in [1.29, 1.82) is 0 Å². The van der Waals surface area contributed by atoms with Crippen molar-refractivity contribution in [2.24, 2.45) is 5.92 Å². The van der Waals surface area contributed by atoms with Gasteiger partial charge in [0.1, 0.15) is 0 Å². The van der Waals surface area contributed by atoms with Crippen molar-refractivity contribution in [1.82, 2.24) is 13.9 Å². The van der Waals surface area contributed by atoms with Gasteiger partial charge in [-0.2, -0.15) is 17.0 Å². The molecule has 1 aliphatic carbocycles. The summed E-state index contributed by atoms with van der Waals surface area (Å²) in [6, 6.07) is 0.121. The Morgan fingerprint density at radius 3 is 2.61 bits per heavy atom. The summed E-state index contributed by atoms with van der Waals surface area (Å²) in [6.07, 6.45) is 5.44. The van der Waals surface area contributed by atoms with Gasteiger partial charge in [0.25, 0.3) is 10.2 Å².